The molecule has 0 radical (unpaired) electrons. The summed E-state index contributed by atoms with van der Waals surface area (Å²) in [5, 5.41) is 16.7. The van der Waals surface area contributed by atoms with E-state index in [2.05, 4.69) is 10.3 Å². The summed E-state index contributed by atoms with van der Waals surface area (Å²) in [6, 6.07) is 18.4. The molecule has 166 valence electrons. The summed E-state index contributed by atoms with van der Waals surface area (Å²) in [5.74, 6) is -0.450. The average molecular weight is 446 g/mol. The van der Waals surface area contributed by atoms with Gasteiger partial charge in [0.25, 0.3) is 10.0 Å². The van der Waals surface area contributed by atoms with Crippen LogP contribution in [0.2, 0.25) is 0 Å². The summed E-state index contributed by atoms with van der Waals surface area (Å²) in [4.78, 5) is 16.7. The Morgan fingerprint density at radius 1 is 0.935 bits per heavy atom. The van der Waals surface area contributed by atoms with E-state index in [0.717, 1.165) is 24.1 Å². The Balaban J connectivity index is 0.00000113. The van der Waals surface area contributed by atoms with Gasteiger partial charge in [-0.25, -0.2) is 8.42 Å². The van der Waals surface area contributed by atoms with Gasteiger partial charge >= 0.3 is 0 Å². The number of aliphatic hydroxyl groups excluding tert-OH is 2. The summed E-state index contributed by atoms with van der Waals surface area (Å²) >= 11 is 0. The number of hydrogen-bond donors (Lipinski definition) is 3. The van der Waals surface area contributed by atoms with Crippen LogP contribution in [0.4, 0.5) is 11.4 Å². The number of amides is 1. The Hall–Kier alpha value is -3.27. The number of pyridine rings is 1. The first-order chi connectivity index (χ1) is 15.0. The Morgan fingerprint density at radius 2 is 1.48 bits per heavy atom. The molecule has 0 spiro atoms. The highest BCUT2D eigenvalue weighted by molar-refractivity contribution is 7.92. The highest BCUT2D eigenvalue weighted by atomic mass is 32.2. The molecule has 9 heteroatoms. The molecule has 0 saturated heterocycles. The van der Waals surface area contributed by atoms with E-state index in [1.807, 2.05) is 6.92 Å². The number of nitrogens with one attached hydrogen (secondary N) is 1. The molecule has 31 heavy (non-hydrogen) atoms. The Bertz CT molecular complexity index is 1030. The smallest absolute Gasteiger partial charge is 0.264 e. The van der Waals surface area contributed by atoms with Gasteiger partial charge in [-0.05, 0) is 42.8 Å². The number of sulfonamides is 1. The Labute approximate surface area is 182 Å². The molecule has 0 aliphatic carbocycles. The van der Waals surface area contributed by atoms with Gasteiger partial charge in [-0.1, -0.05) is 36.4 Å². The van der Waals surface area contributed by atoms with Gasteiger partial charge in [0, 0.05) is 20.4 Å². The maximum atomic E-state index is 13.1. The normalized spacial score (nSPS) is 9.97. The maximum absolute atomic E-state index is 13.1. The van der Waals surface area contributed by atoms with Gasteiger partial charge in [0.1, 0.15) is 6.54 Å². The second-order valence-corrected chi connectivity index (χ2v) is 7.76. The number of anilines is 2. The molecule has 0 bridgehead atoms. The third-order valence-corrected chi connectivity index (χ3v) is 5.76. The molecule has 3 aromatic rings. The van der Waals surface area contributed by atoms with E-state index in [-0.39, 0.29) is 11.4 Å². The molecule has 0 saturated carbocycles. The number of carbonyl (C=O) groups excluding carboxylic acids is 1. The lowest BCUT2D eigenvalue weighted by Crippen LogP contribution is -2.38. The number of benzene rings is 2. The number of aromatic nitrogens is 1. The summed E-state index contributed by atoms with van der Waals surface area (Å²) in [5.41, 5.74) is 1.81. The molecule has 0 atom stereocenters. The molecule has 3 rings (SSSR count). The second kappa shape index (κ2) is 13.1. The fourth-order valence-electron chi connectivity index (χ4n) is 2.54. The van der Waals surface area contributed by atoms with Crippen LogP contribution in [0.5, 0.6) is 0 Å². The minimum absolute atomic E-state index is 0.124. The molecule has 0 aliphatic rings. The van der Waals surface area contributed by atoms with Crippen molar-refractivity contribution in [3.63, 3.8) is 0 Å². The van der Waals surface area contributed by atoms with E-state index in [9.17, 15) is 13.2 Å². The minimum Gasteiger partial charge on any atom is -0.400 e. The van der Waals surface area contributed by atoms with Gasteiger partial charge in [0.05, 0.1) is 22.5 Å². The minimum atomic E-state index is -3.89. The predicted molar refractivity (Wildman–Crippen MR) is 121 cm³/mol. The molecule has 1 aromatic heterocycles. The fraction of sp³-hybridized carbons (Fsp3) is 0.182. The van der Waals surface area contributed by atoms with E-state index in [1.54, 1.807) is 60.8 Å². The first kappa shape index (κ1) is 25.8. The zero-order valence-electron chi connectivity index (χ0n) is 17.6. The highest BCUT2D eigenvalue weighted by Gasteiger charge is 2.27. The van der Waals surface area contributed by atoms with Gasteiger partial charge < -0.3 is 15.5 Å². The zero-order chi connectivity index (χ0) is 23.3. The van der Waals surface area contributed by atoms with Crippen LogP contribution < -0.4 is 9.62 Å². The van der Waals surface area contributed by atoms with Crippen molar-refractivity contribution in [2.24, 2.45) is 0 Å². The van der Waals surface area contributed by atoms with Gasteiger partial charge in [0.15, 0.2) is 0 Å². The number of aryl methyl sites for hydroxylation is 1. The summed E-state index contributed by atoms with van der Waals surface area (Å²) in [7, 11) is -1.89. The fourth-order valence-corrected chi connectivity index (χ4v) is 3.99. The largest absolute Gasteiger partial charge is 0.400 e. The number of nitrogens with zero attached hydrogens (tertiary/aromatic N) is 2. The number of carbonyl (C=O) groups is 1. The lowest BCUT2D eigenvalue weighted by Gasteiger charge is -2.24. The molecule has 0 aliphatic heterocycles. The average Bonchev–Trinajstić information content (AvgIpc) is 2.83. The molecule has 1 heterocycles. The summed E-state index contributed by atoms with van der Waals surface area (Å²) < 4.78 is 27.3. The van der Waals surface area contributed by atoms with Crippen LogP contribution in [0.1, 0.15) is 5.56 Å². The monoisotopic (exact) mass is 445 g/mol. The maximum Gasteiger partial charge on any atom is 0.264 e. The predicted octanol–water partition coefficient (Wildman–Crippen LogP) is 2.44. The molecular weight excluding hydrogens is 418 g/mol. The van der Waals surface area contributed by atoms with Crippen molar-refractivity contribution >= 4 is 27.3 Å². The number of aliphatic hydroxyl groups is 2. The van der Waals surface area contributed by atoms with Crippen molar-refractivity contribution in [3.8, 4) is 0 Å². The number of para-hydroxylation sites is 1. The van der Waals surface area contributed by atoms with Crippen LogP contribution in [0.3, 0.4) is 0 Å². The van der Waals surface area contributed by atoms with Crippen LogP contribution in [0.15, 0.2) is 84.0 Å². The van der Waals surface area contributed by atoms with Crippen molar-refractivity contribution < 1.29 is 23.4 Å². The van der Waals surface area contributed by atoms with Crippen LogP contribution >= 0.6 is 0 Å². The zero-order valence-corrected chi connectivity index (χ0v) is 18.5. The van der Waals surface area contributed by atoms with Crippen molar-refractivity contribution in [2.75, 3.05) is 30.4 Å². The van der Waals surface area contributed by atoms with Gasteiger partial charge in [-0.15, -0.1) is 0 Å². The van der Waals surface area contributed by atoms with Crippen LogP contribution in [-0.4, -0.2) is 50.3 Å². The third-order valence-electron chi connectivity index (χ3n) is 3.98. The van der Waals surface area contributed by atoms with E-state index < -0.39 is 15.9 Å². The van der Waals surface area contributed by atoms with Crippen LogP contribution in [0.25, 0.3) is 0 Å². The first-order valence-corrected chi connectivity index (χ1v) is 10.7. The van der Waals surface area contributed by atoms with Gasteiger partial charge in [-0.2, -0.15) is 0 Å². The van der Waals surface area contributed by atoms with Crippen molar-refractivity contribution in [2.45, 2.75) is 11.8 Å². The van der Waals surface area contributed by atoms with E-state index in [1.165, 1.54) is 18.3 Å². The van der Waals surface area contributed by atoms with E-state index in [4.69, 9.17) is 10.2 Å². The number of hydrogen-bond acceptors (Lipinski definition) is 6. The first-order valence-electron chi connectivity index (χ1n) is 9.21. The Kier molecular flexibility index (Phi) is 10.9. The van der Waals surface area contributed by atoms with Crippen LogP contribution in [-0.2, 0) is 14.8 Å². The van der Waals surface area contributed by atoms with Crippen LogP contribution in [0, 0.1) is 6.92 Å². The molecule has 1 amide bonds. The van der Waals surface area contributed by atoms with Gasteiger partial charge in [-0.3, -0.25) is 14.1 Å². The van der Waals surface area contributed by atoms with Gasteiger partial charge in [0.2, 0.25) is 5.91 Å². The highest BCUT2D eigenvalue weighted by Crippen LogP contribution is 2.23. The second-order valence-electron chi connectivity index (χ2n) is 5.90. The third kappa shape index (κ3) is 7.18. The molecule has 8 nitrogen and oxygen atoms in total. The summed E-state index contributed by atoms with van der Waals surface area (Å²) in [6.45, 7) is 1.49. The Morgan fingerprint density at radius 3 is 2.03 bits per heavy atom. The van der Waals surface area contributed by atoms with E-state index in [0.29, 0.717) is 11.4 Å². The topological polar surface area (TPSA) is 120 Å². The summed E-state index contributed by atoms with van der Waals surface area (Å²) in [6.07, 6.45) is 3.16. The lowest BCUT2D eigenvalue weighted by atomic mass is 10.2. The molecule has 2 aromatic carbocycles. The number of rotatable bonds is 6. The molecular formula is C22H27N3O5S. The van der Waals surface area contributed by atoms with Crippen molar-refractivity contribution in [1.82, 2.24) is 4.98 Å². The van der Waals surface area contributed by atoms with Crippen molar-refractivity contribution in [3.05, 3.63) is 84.7 Å². The molecule has 0 unspecified atom stereocenters. The molecule has 0 fully saturated rings. The SMILES string of the molecule is CO.CO.Cc1ccncc1NC(=O)CN(c1ccccc1)S(=O)(=O)c1ccccc1. The lowest BCUT2D eigenvalue weighted by molar-refractivity contribution is -0.114. The molecule has 3 N–H and O–H groups in total. The van der Waals surface area contributed by atoms with Crippen molar-refractivity contribution in [1.29, 1.82) is 0 Å². The van der Waals surface area contributed by atoms with E-state index >= 15 is 0 Å². The quantitative estimate of drug-likeness (QED) is 0.536. The standard InChI is InChI=1S/C20H19N3O3S.2CH4O/c1-16-12-13-21-14-19(16)22-20(24)15-23(17-8-4-2-5-9-17)27(25,26)18-10-6-3-7-11-18;2*1-2/h2-14H,15H2,1H3,(H,22,24);2*2H,1H3.